The molecular weight excluding hydrogens is 316 g/mol. The zero-order valence-corrected chi connectivity index (χ0v) is 15.5. The summed E-state index contributed by atoms with van der Waals surface area (Å²) in [6.07, 6.45) is 9.97. The number of aliphatic imine (C=N–C) groups is 1. The van der Waals surface area contributed by atoms with Crippen LogP contribution in [-0.4, -0.2) is 40.2 Å². The number of amides is 1. The van der Waals surface area contributed by atoms with Crippen LogP contribution in [0.4, 0.5) is 0 Å². The highest BCUT2D eigenvalue weighted by molar-refractivity contribution is 5.92. The van der Waals surface area contributed by atoms with Crippen molar-refractivity contribution in [2.24, 2.45) is 10.9 Å². The molecule has 6 nitrogen and oxygen atoms in total. The number of nitrogens with zero attached hydrogens (tertiary/aromatic N) is 3. The number of rotatable bonds is 10. The molecule has 2 N–H and O–H groups in total. The fourth-order valence-corrected chi connectivity index (χ4v) is 2.94. The van der Waals surface area contributed by atoms with Crippen LogP contribution in [0, 0.1) is 5.92 Å². The van der Waals surface area contributed by atoms with E-state index in [0.29, 0.717) is 12.2 Å². The molecule has 1 aromatic heterocycles. The Morgan fingerprint density at radius 3 is 2.80 bits per heavy atom. The number of aryl methyl sites for hydroxylation is 1. The Bertz CT molecular complexity index is 621. The average Bonchev–Trinajstić information content (AvgIpc) is 3.27. The van der Waals surface area contributed by atoms with Crippen LogP contribution in [0.3, 0.4) is 0 Å². The molecule has 1 amide bonds. The maximum atomic E-state index is 12.4. The van der Waals surface area contributed by atoms with Gasteiger partial charge in [0.25, 0.3) is 5.91 Å². The predicted molar refractivity (Wildman–Crippen MR) is 99.9 cm³/mol. The van der Waals surface area contributed by atoms with Crippen LogP contribution in [0.1, 0.15) is 62.6 Å². The Hall–Kier alpha value is -1.95. The van der Waals surface area contributed by atoms with Crippen LogP contribution in [0.15, 0.2) is 23.2 Å². The lowest BCUT2D eigenvalue weighted by Gasteiger charge is -2.23. The van der Waals surface area contributed by atoms with Gasteiger partial charge in [0.2, 0.25) is 0 Å². The second-order valence-corrected chi connectivity index (χ2v) is 6.76. The van der Waals surface area contributed by atoms with Crippen molar-refractivity contribution < 1.29 is 9.90 Å². The summed E-state index contributed by atoms with van der Waals surface area (Å²) < 4.78 is 1.94. The summed E-state index contributed by atoms with van der Waals surface area (Å²) in [6.45, 7) is 7.43. The first-order chi connectivity index (χ1) is 12.1. The van der Waals surface area contributed by atoms with Crippen molar-refractivity contribution in [1.29, 1.82) is 0 Å². The molecule has 1 aromatic rings. The van der Waals surface area contributed by atoms with E-state index in [2.05, 4.69) is 35.3 Å². The van der Waals surface area contributed by atoms with Gasteiger partial charge in [0, 0.05) is 25.9 Å². The van der Waals surface area contributed by atoms with Gasteiger partial charge in [-0.3, -0.25) is 14.5 Å². The Morgan fingerprint density at radius 1 is 1.40 bits per heavy atom. The number of aliphatic hydroxyl groups excluding tert-OH is 1. The van der Waals surface area contributed by atoms with Crippen molar-refractivity contribution in [3.05, 3.63) is 29.6 Å². The van der Waals surface area contributed by atoms with Gasteiger partial charge < -0.3 is 10.4 Å². The first-order valence-electron chi connectivity index (χ1n) is 9.26. The fourth-order valence-electron chi connectivity index (χ4n) is 2.94. The van der Waals surface area contributed by atoms with Gasteiger partial charge in [-0.15, -0.1) is 0 Å². The number of aromatic nitrogens is 2. The van der Waals surface area contributed by atoms with Crippen LogP contribution in [0.2, 0.25) is 0 Å². The van der Waals surface area contributed by atoms with E-state index in [9.17, 15) is 4.79 Å². The van der Waals surface area contributed by atoms with Gasteiger partial charge in [-0.05, 0) is 37.0 Å². The van der Waals surface area contributed by atoms with Crippen LogP contribution < -0.4 is 5.32 Å². The molecular formula is C19H30N4O2. The third kappa shape index (κ3) is 4.57. The van der Waals surface area contributed by atoms with Crippen molar-refractivity contribution in [2.75, 3.05) is 13.2 Å². The summed E-state index contributed by atoms with van der Waals surface area (Å²) in [6, 6.07) is 1.86. The van der Waals surface area contributed by atoms with E-state index in [1.54, 1.807) is 0 Å². The van der Waals surface area contributed by atoms with E-state index in [-0.39, 0.29) is 18.4 Å². The molecule has 0 bridgehead atoms. The smallest absolute Gasteiger partial charge is 0.271 e. The molecule has 0 radical (unpaired) electrons. The lowest BCUT2D eigenvalue weighted by molar-refractivity contribution is 0.0936. The summed E-state index contributed by atoms with van der Waals surface area (Å²) in [4.78, 5) is 17.1. The normalized spacial score (nSPS) is 20.2. The highest BCUT2D eigenvalue weighted by Crippen LogP contribution is 2.34. The molecule has 0 saturated carbocycles. The Kier molecular flexibility index (Phi) is 6.93. The van der Waals surface area contributed by atoms with E-state index in [0.717, 1.165) is 37.9 Å². The number of unbranched alkanes of at least 4 members (excludes halogenated alkanes) is 2. The largest absolute Gasteiger partial charge is 0.396 e. The second-order valence-electron chi connectivity index (χ2n) is 6.76. The molecule has 2 atom stereocenters. The van der Waals surface area contributed by atoms with E-state index >= 15 is 0 Å². The van der Waals surface area contributed by atoms with Gasteiger partial charge in [0.05, 0.1) is 5.69 Å². The van der Waals surface area contributed by atoms with E-state index in [4.69, 9.17) is 5.11 Å². The number of carbonyl (C=O) groups is 1. The lowest BCUT2D eigenvalue weighted by Crippen LogP contribution is -2.29. The highest BCUT2D eigenvalue weighted by atomic mass is 16.3. The first-order valence-corrected chi connectivity index (χ1v) is 9.26. The van der Waals surface area contributed by atoms with Gasteiger partial charge in [0.1, 0.15) is 5.54 Å². The second kappa shape index (κ2) is 8.94. The Balaban J connectivity index is 2.24. The molecule has 1 aliphatic heterocycles. The summed E-state index contributed by atoms with van der Waals surface area (Å²) >= 11 is 0. The summed E-state index contributed by atoms with van der Waals surface area (Å²) in [7, 11) is 0. The van der Waals surface area contributed by atoms with Gasteiger partial charge >= 0.3 is 0 Å². The minimum absolute atomic E-state index is 0.0272. The molecule has 25 heavy (non-hydrogen) atoms. The third-order valence-electron chi connectivity index (χ3n) is 4.65. The number of carbonyl (C=O) groups excluding carboxylic acids is 1. The molecule has 0 aliphatic carbocycles. The van der Waals surface area contributed by atoms with E-state index < -0.39 is 5.54 Å². The van der Waals surface area contributed by atoms with Crippen molar-refractivity contribution in [1.82, 2.24) is 15.1 Å². The van der Waals surface area contributed by atoms with Crippen LogP contribution >= 0.6 is 0 Å². The monoisotopic (exact) mass is 346 g/mol. The highest BCUT2D eigenvalue weighted by Gasteiger charge is 2.33. The Labute approximate surface area is 150 Å². The molecule has 0 aromatic carbocycles. The SMILES string of the molecule is CCCCCn1nc(C(=O)NCC(C)CO)cc1C1(CC)C=CC=N1. The zero-order valence-electron chi connectivity index (χ0n) is 15.5. The molecule has 1 aliphatic rings. The van der Waals surface area contributed by atoms with Crippen LogP contribution in [0.25, 0.3) is 0 Å². The van der Waals surface area contributed by atoms with E-state index in [1.165, 1.54) is 0 Å². The van der Waals surface area contributed by atoms with Crippen LogP contribution in [0.5, 0.6) is 0 Å². The topological polar surface area (TPSA) is 79.5 Å². The average molecular weight is 346 g/mol. The zero-order chi connectivity index (χ0) is 18.3. The number of aliphatic hydroxyl groups is 1. The van der Waals surface area contributed by atoms with Gasteiger partial charge in [-0.2, -0.15) is 5.10 Å². The van der Waals surface area contributed by atoms with Gasteiger partial charge in [-0.1, -0.05) is 33.6 Å². The minimum atomic E-state index is -0.421. The predicted octanol–water partition coefficient (Wildman–Crippen LogP) is 2.68. The fraction of sp³-hybridized carbons (Fsp3) is 0.632. The molecule has 2 unspecified atom stereocenters. The quantitative estimate of drug-likeness (QED) is 0.639. The lowest BCUT2D eigenvalue weighted by atomic mass is 9.93. The van der Waals surface area contributed by atoms with Crippen LogP contribution in [-0.2, 0) is 12.1 Å². The number of hydrogen-bond donors (Lipinski definition) is 2. The third-order valence-corrected chi connectivity index (χ3v) is 4.65. The van der Waals surface area contributed by atoms with E-state index in [1.807, 2.05) is 30.0 Å². The summed E-state index contributed by atoms with van der Waals surface area (Å²) in [5, 5.41) is 16.5. The Morgan fingerprint density at radius 2 is 2.20 bits per heavy atom. The van der Waals surface area contributed by atoms with Crippen molar-refractivity contribution in [3.63, 3.8) is 0 Å². The molecule has 0 saturated heterocycles. The van der Waals surface area contributed by atoms with Crippen molar-refractivity contribution in [3.8, 4) is 0 Å². The molecule has 138 valence electrons. The molecule has 0 fully saturated rings. The summed E-state index contributed by atoms with van der Waals surface area (Å²) in [5.74, 6) is -0.174. The standard InChI is InChI=1S/C19H30N4O2/c1-4-6-7-11-23-17(19(5-2)9-8-10-21-19)12-16(22-23)18(25)20-13-15(3)14-24/h8-10,12,15,24H,4-7,11,13-14H2,1-3H3,(H,20,25). The molecule has 2 heterocycles. The van der Waals surface area contributed by atoms with Crippen molar-refractivity contribution in [2.45, 2.75) is 58.5 Å². The van der Waals surface area contributed by atoms with Gasteiger partial charge in [0.15, 0.2) is 5.69 Å². The van der Waals surface area contributed by atoms with Crippen molar-refractivity contribution >= 4 is 12.1 Å². The molecule has 0 spiro atoms. The molecule has 2 rings (SSSR count). The number of nitrogens with one attached hydrogen (secondary N) is 1. The minimum Gasteiger partial charge on any atom is -0.396 e. The molecule has 6 heteroatoms. The van der Waals surface area contributed by atoms with Gasteiger partial charge in [-0.25, -0.2) is 0 Å². The number of hydrogen-bond acceptors (Lipinski definition) is 4. The summed E-state index contributed by atoms with van der Waals surface area (Å²) in [5.41, 5.74) is 0.965. The first kappa shape index (κ1) is 19.4. The maximum Gasteiger partial charge on any atom is 0.271 e. The number of allylic oxidation sites excluding steroid dienone is 1. The maximum absolute atomic E-state index is 12.4.